The Balaban J connectivity index is 3.88. The van der Waals surface area contributed by atoms with Crippen molar-refractivity contribution < 1.29 is 5.11 Å². The Morgan fingerprint density at radius 1 is 1.36 bits per heavy atom. The van der Waals surface area contributed by atoms with Crippen molar-refractivity contribution >= 4 is 0 Å². The fraction of sp³-hybridized carbons (Fsp3) is 1.00. The molecule has 0 radical (unpaired) electrons. The van der Waals surface area contributed by atoms with Gasteiger partial charge in [0, 0.05) is 12.1 Å². The Morgan fingerprint density at radius 3 is 2.18 bits per heavy atom. The summed E-state index contributed by atoms with van der Waals surface area (Å²) in [6.45, 7) is 6.47. The van der Waals surface area contributed by atoms with Gasteiger partial charge in [-0.05, 0) is 32.6 Å². The van der Waals surface area contributed by atoms with Gasteiger partial charge >= 0.3 is 0 Å². The first-order chi connectivity index (χ1) is 5.02. The molecule has 0 bridgehead atoms. The van der Waals surface area contributed by atoms with Gasteiger partial charge in [-0.2, -0.15) is 0 Å². The quantitative estimate of drug-likeness (QED) is 0.639. The molecule has 0 aromatic carbocycles. The summed E-state index contributed by atoms with van der Waals surface area (Å²) >= 11 is 0. The number of hydrogen-bond donors (Lipinski definition) is 2. The highest BCUT2D eigenvalue weighted by Gasteiger charge is 2.23. The zero-order valence-corrected chi connectivity index (χ0v) is 7.93. The molecule has 0 aromatic rings. The maximum absolute atomic E-state index is 8.77. The van der Waals surface area contributed by atoms with Crippen molar-refractivity contribution in [1.29, 1.82) is 0 Å². The molecule has 0 fully saturated rings. The molecular formula is C9H21NO. The molecule has 1 atom stereocenters. The Hall–Kier alpha value is -0.0800. The van der Waals surface area contributed by atoms with Crippen LogP contribution in [0.3, 0.4) is 0 Å². The predicted molar refractivity (Wildman–Crippen MR) is 48.4 cm³/mol. The van der Waals surface area contributed by atoms with E-state index in [0.717, 1.165) is 19.3 Å². The zero-order chi connectivity index (χ0) is 8.91. The minimum absolute atomic E-state index is 0.140. The van der Waals surface area contributed by atoms with Crippen molar-refractivity contribution in [3.05, 3.63) is 0 Å². The summed E-state index contributed by atoms with van der Waals surface area (Å²) < 4.78 is 0. The van der Waals surface area contributed by atoms with Crippen LogP contribution in [0.4, 0.5) is 0 Å². The molecule has 68 valence electrons. The molecule has 0 aromatic heterocycles. The minimum atomic E-state index is -0.140. The molecule has 2 nitrogen and oxygen atoms in total. The van der Waals surface area contributed by atoms with Crippen LogP contribution in [0.1, 0.15) is 40.0 Å². The number of aliphatic hydroxyl groups excluding tert-OH is 1. The van der Waals surface area contributed by atoms with Crippen LogP contribution >= 0.6 is 0 Å². The molecule has 0 aliphatic rings. The average Bonchev–Trinajstić information content (AvgIpc) is 1.85. The summed E-state index contributed by atoms with van der Waals surface area (Å²) in [6.07, 6.45) is 3.09. The van der Waals surface area contributed by atoms with Crippen molar-refractivity contribution in [1.82, 2.24) is 0 Å². The topological polar surface area (TPSA) is 46.2 Å². The van der Waals surface area contributed by atoms with Gasteiger partial charge in [0.2, 0.25) is 0 Å². The lowest BCUT2D eigenvalue weighted by atomic mass is 9.83. The number of nitrogens with two attached hydrogens (primary N) is 1. The molecule has 0 saturated carbocycles. The minimum Gasteiger partial charge on any atom is -0.396 e. The van der Waals surface area contributed by atoms with E-state index in [4.69, 9.17) is 10.8 Å². The van der Waals surface area contributed by atoms with Gasteiger partial charge < -0.3 is 10.8 Å². The number of rotatable bonds is 5. The average molecular weight is 159 g/mol. The van der Waals surface area contributed by atoms with E-state index in [2.05, 4.69) is 6.92 Å². The molecule has 11 heavy (non-hydrogen) atoms. The highest BCUT2D eigenvalue weighted by Crippen LogP contribution is 2.22. The third-order valence-electron chi connectivity index (χ3n) is 2.17. The van der Waals surface area contributed by atoms with Gasteiger partial charge in [-0.3, -0.25) is 0 Å². The van der Waals surface area contributed by atoms with Gasteiger partial charge in [0.25, 0.3) is 0 Å². The molecule has 3 N–H and O–H groups in total. The molecule has 2 heteroatoms. The summed E-state index contributed by atoms with van der Waals surface area (Å²) in [5.41, 5.74) is 5.80. The van der Waals surface area contributed by atoms with Crippen LogP contribution in [-0.4, -0.2) is 17.3 Å². The second-order valence-electron chi connectivity index (χ2n) is 3.82. The fourth-order valence-electron chi connectivity index (χ4n) is 1.39. The van der Waals surface area contributed by atoms with E-state index in [0.29, 0.717) is 5.92 Å². The van der Waals surface area contributed by atoms with E-state index in [1.807, 2.05) is 13.8 Å². The second kappa shape index (κ2) is 4.73. The number of hydrogen-bond acceptors (Lipinski definition) is 2. The first-order valence-corrected chi connectivity index (χ1v) is 4.42. The lowest BCUT2D eigenvalue weighted by Crippen LogP contribution is -2.41. The van der Waals surface area contributed by atoms with Crippen LogP contribution < -0.4 is 5.73 Å². The van der Waals surface area contributed by atoms with Gasteiger partial charge in [0.05, 0.1) is 0 Å². The van der Waals surface area contributed by atoms with Crippen molar-refractivity contribution in [2.24, 2.45) is 11.7 Å². The summed E-state index contributed by atoms with van der Waals surface area (Å²) in [7, 11) is 0. The SMILES string of the molecule is CCCC(CCO)C(C)(C)N. The summed E-state index contributed by atoms with van der Waals surface area (Å²) in [4.78, 5) is 0. The van der Waals surface area contributed by atoms with Crippen LogP contribution in [0.5, 0.6) is 0 Å². The molecule has 0 spiro atoms. The van der Waals surface area contributed by atoms with E-state index >= 15 is 0 Å². The van der Waals surface area contributed by atoms with Crippen molar-refractivity contribution in [2.75, 3.05) is 6.61 Å². The van der Waals surface area contributed by atoms with Crippen LogP contribution in [0, 0.1) is 5.92 Å². The highest BCUT2D eigenvalue weighted by molar-refractivity contribution is 4.81. The van der Waals surface area contributed by atoms with Crippen LogP contribution in [0.2, 0.25) is 0 Å². The van der Waals surface area contributed by atoms with Gasteiger partial charge in [-0.1, -0.05) is 13.3 Å². The lowest BCUT2D eigenvalue weighted by molar-refractivity contribution is 0.204. The van der Waals surface area contributed by atoms with Crippen LogP contribution in [-0.2, 0) is 0 Å². The van der Waals surface area contributed by atoms with E-state index in [1.165, 1.54) is 0 Å². The van der Waals surface area contributed by atoms with E-state index < -0.39 is 0 Å². The summed E-state index contributed by atoms with van der Waals surface area (Å²) in [5, 5.41) is 8.77. The standard InChI is InChI=1S/C9H21NO/c1-4-5-8(6-7-11)9(2,3)10/h8,11H,4-7,10H2,1-3H3. The Morgan fingerprint density at radius 2 is 1.91 bits per heavy atom. The normalized spacial score (nSPS) is 15.0. The largest absolute Gasteiger partial charge is 0.396 e. The van der Waals surface area contributed by atoms with Gasteiger partial charge in [-0.25, -0.2) is 0 Å². The monoisotopic (exact) mass is 159 g/mol. The first-order valence-electron chi connectivity index (χ1n) is 4.42. The van der Waals surface area contributed by atoms with Crippen LogP contribution in [0.15, 0.2) is 0 Å². The Kier molecular flexibility index (Phi) is 4.69. The zero-order valence-electron chi connectivity index (χ0n) is 7.93. The molecule has 0 amide bonds. The summed E-state index contributed by atoms with van der Waals surface area (Å²) in [6, 6.07) is 0. The maximum atomic E-state index is 8.77. The third kappa shape index (κ3) is 4.38. The van der Waals surface area contributed by atoms with Gasteiger partial charge in [-0.15, -0.1) is 0 Å². The van der Waals surface area contributed by atoms with Crippen molar-refractivity contribution in [3.63, 3.8) is 0 Å². The van der Waals surface area contributed by atoms with Gasteiger partial charge in [0.15, 0.2) is 0 Å². The molecule has 0 saturated heterocycles. The van der Waals surface area contributed by atoms with Crippen molar-refractivity contribution in [2.45, 2.75) is 45.6 Å². The van der Waals surface area contributed by atoms with Crippen molar-refractivity contribution in [3.8, 4) is 0 Å². The molecule has 0 heterocycles. The number of aliphatic hydroxyl groups is 1. The molecule has 0 rings (SSSR count). The Bertz CT molecular complexity index is 90.2. The van der Waals surface area contributed by atoms with Crippen LogP contribution in [0.25, 0.3) is 0 Å². The van der Waals surface area contributed by atoms with Gasteiger partial charge in [0.1, 0.15) is 0 Å². The molecule has 1 unspecified atom stereocenters. The highest BCUT2D eigenvalue weighted by atomic mass is 16.3. The fourth-order valence-corrected chi connectivity index (χ4v) is 1.39. The molecule has 0 aliphatic heterocycles. The van der Waals surface area contributed by atoms with E-state index in [1.54, 1.807) is 0 Å². The maximum Gasteiger partial charge on any atom is 0.0434 e. The molecular weight excluding hydrogens is 138 g/mol. The third-order valence-corrected chi connectivity index (χ3v) is 2.17. The summed E-state index contributed by atoms with van der Waals surface area (Å²) in [5.74, 6) is 0.456. The first kappa shape index (κ1) is 10.9. The Labute approximate surface area is 69.8 Å². The van der Waals surface area contributed by atoms with E-state index in [-0.39, 0.29) is 12.1 Å². The predicted octanol–water partition coefficient (Wildman–Crippen LogP) is 1.52. The lowest BCUT2D eigenvalue weighted by Gasteiger charge is -2.29. The van der Waals surface area contributed by atoms with E-state index in [9.17, 15) is 0 Å². The molecule has 0 aliphatic carbocycles. The smallest absolute Gasteiger partial charge is 0.0434 e. The second-order valence-corrected chi connectivity index (χ2v) is 3.82.